The minimum atomic E-state index is -0.299. The number of aromatic nitrogens is 2. The molecule has 1 rings (SSSR count). The van der Waals surface area contributed by atoms with E-state index in [4.69, 9.17) is 22.1 Å². The summed E-state index contributed by atoms with van der Waals surface area (Å²) in [5.74, 6) is -0.0307. The third kappa shape index (κ3) is 3.86. The van der Waals surface area contributed by atoms with Crippen molar-refractivity contribution in [1.29, 1.82) is 0 Å². The molecule has 1 aromatic rings. The average molecular weight is 242 g/mol. The van der Waals surface area contributed by atoms with E-state index in [-0.39, 0.29) is 23.4 Å². The summed E-state index contributed by atoms with van der Waals surface area (Å²) < 4.78 is 4.75. The van der Waals surface area contributed by atoms with Crippen LogP contribution in [0, 0.1) is 0 Å². The molecule has 1 heterocycles. The molecule has 0 saturated carbocycles. The quantitative estimate of drug-likeness (QED) is 0.812. The van der Waals surface area contributed by atoms with Crippen LogP contribution in [0.15, 0.2) is 12.3 Å². The van der Waals surface area contributed by atoms with Gasteiger partial charge in [-0.2, -0.15) is 0 Å². The number of carbonyl (C=O) groups is 1. The number of hydrogen-bond acceptors (Lipinski definition) is 5. The van der Waals surface area contributed by atoms with Crippen LogP contribution >= 0.6 is 11.6 Å². The molecule has 1 aromatic heterocycles. The Hall–Kier alpha value is -1.62. The highest BCUT2D eigenvalue weighted by molar-refractivity contribution is 6.29. The Balaban J connectivity index is 2.62. The lowest BCUT2D eigenvalue weighted by Crippen LogP contribution is -2.01. The zero-order valence-electron chi connectivity index (χ0n) is 8.81. The number of rotatable bonds is 4. The van der Waals surface area contributed by atoms with E-state index < -0.39 is 0 Å². The third-order valence-electron chi connectivity index (χ3n) is 1.67. The molecule has 0 unspecified atom stereocenters. The van der Waals surface area contributed by atoms with Crippen molar-refractivity contribution >= 4 is 29.5 Å². The number of halogens is 1. The van der Waals surface area contributed by atoms with Crippen LogP contribution in [-0.4, -0.2) is 22.5 Å². The van der Waals surface area contributed by atoms with Gasteiger partial charge in [-0.05, 0) is 13.0 Å². The van der Waals surface area contributed by atoms with Crippen LogP contribution in [0.3, 0.4) is 0 Å². The van der Waals surface area contributed by atoms with Crippen molar-refractivity contribution in [2.75, 3.05) is 12.3 Å². The third-order valence-corrected chi connectivity index (χ3v) is 1.85. The molecule has 0 aliphatic heterocycles. The van der Waals surface area contributed by atoms with Crippen molar-refractivity contribution in [3.8, 4) is 0 Å². The number of carbonyl (C=O) groups excluding carboxylic acids is 1. The molecule has 6 heteroatoms. The lowest BCUT2D eigenvalue weighted by Gasteiger charge is -1.99. The smallest absolute Gasteiger partial charge is 0.309 e. The molecule has 0 fully saturated rings. The van der Waals surface area contributed by atoms with Crippen LogP contribution in [-0.2, 0) is 9.53 Å². The van der Waals surface area contributed by atoms with Gasteiger partial charge in [0.2, 0.25) is 0 Å². The van der Waals surface area contributed by atoms with E-state index in [9.17, 15) is 4.79 Å². The number of nitrogens with two attached hydrogens (primary N) is 1. The summed E-state index contributed by atoms with van der Waals surface area (Å²) in [6, 6.07) is 0. The standard InChI is InChI=1S/C10H12ClN3O2/c1-2-16-9(15)5-3-4-7-10(12)13-6-8(11)14-7/h3-4,6H,2,5H2,1H3,(H2,12,13). The molecule has 0 bridgehead atoms. The monoisotopic (exact) mass is 241 g/mol. The van der Waals surface area contributed by atoms with Crippen LogP contribution < -0.4 is 5.73 Å². The van der Waals surface area contributed by atoms with Crippen molar-refractivity contribution in [2.24, 2.45) is 0 Å². The Morgan fingerprint density at radius 2 is 2.44 bits per heavy atom. The molecule has 0 radical (unpaired) electrons. The maximum Gasteiger partial charge on any atom is 0.309 e. The predicted molar refractivity (Wildman–Crippen MR) is 61.7 cm³/mol. The molecular formula is C10H12ClN3O2. The van der Waals surface area contributed by atoms with Crippen molar-refractivity contribution < 1.29 is 9.53 Å². The molecule has 16 heavy (non-hydrogen) atoms. The molecule has 0 aromatic carbocycles. The first-order chi connectivity index (χ1) is 7.63. The number of nitrogens with zero attached hydrogens (tertiary/aromatic N) is 2. The SMILES string of the molecule is CCOC(=O)CC=Cc1nc(Cl)cnc1N. The number of hydrogen-bond donors (Lipinski definition) is 1. The molecule has 0 spiro atoms. The molecule has 0 aliphatic carbocycles. The van der Waals surface area contributed by atoms with Crippen molar-refractivity contribution in [3.63, 3.8) is 0 Å². The van der Waals surface area contributed by atoms with Gasteiger partial charge in [0.25, 0.3) is 0 Å². The zero-order valence-corrected chi connectivity index (χ0v) is 9.57. The second-order valence-corrected chi connectivity index (χ2v) is 3.26. The van der Waals surface area contributed by atoms with Gasteiger partial charge >= 0.3 is 5.97 Å². The summed E-state index contributed by atoms with van der Waals surface area (Å²) in [4.78, 5) is 18.8. The lowest BCUT2D eigenvalue weighted by molar-refractivity contribution is -0.142. The summed E-state index contributed by atoms with van der Waals surface area (Å²) in [6.45, 7) is 2.12. The van der Waals surface area contributed by atoms with Gasteiger partial charge in [0.15, 0.2) is 0 Å². The van der Waals surface area contributed by atoms with E-state index in [1.807, 2.05) is 0 Å². The van der Waals surface area contributed by atoms with Crippen LogP contribution in [0.4, 0.5) is 5.82 Å². The normalized spacial score (nSPS) is 10.6. The van der Waals surface area contributed by atoms with Gasteiger partial charge in [-0.15, -0.1) is 0 Å². The van der Waals surface area contributed by atoms with Crippen LogP contribution in [0.2, 0.25) is 5.15 Å². The first kappa shape index (κ1) is 12.4. The van der Waals surface area contributed by atoms with Gasteiger partial charge in [0.05, 0.1) is 19.2 Å². The van der Waals surface area contributed by atoms with Gasteiger partial charge in [0.1, 0.15) is 16.7 Å². The van der Waals surface area contributed by atoms with Gasteiger partial charge in [0, 0.05) is 0 Å². The van der Waals surface area contributed by atoms with Gasteiger partial charge in [-0.1, -0.05) is 17.7 Å². The highest BCUT2D eigenvalue weighted by Gasteiger charge is 2.01. The molecule has 0 aliphatic rings. The minimum absolute atomic E-state index is 0.168. The summed E-state index contributed by atoms with van der Waals surface area (Å²) in [5.41, 5.74) is 6.01. The van der Waals surface area contributed by atoms with Gasteiger partial charge < -0.3 is 10.5 Å². The summed E-state index contributed by atoms with van der Waals surface area (Å²) >= 11 is 5.65. The second-order valence-electron chi connectivity index (χ2n) is 2.87. The first-order valence-electron chi connectivity index (χ1n) is 4.73. The van der Waals surface area contributed by atoms with Gasteiger partial charge in [-0.25, -0.2) is 9.97 Å². The Bertz CT molecular complexity index is 407. The van der Waals surface area contributed by atoms with Crippen molar-refractivity contribution in [2.45, 2.75) is 13.3 Å². The van der Waals surface area contributed by atoms with Crippen molar-refractivity contribution in [1.82, 2.24) is 9.97 Å². The fourth-order valence-corrected chi connectivity index (χ4v) is 1.14. The summed E-state index contributed by atoms with van der Waals surface area (Å²) in [6.07, 6.45) is 4.72. The maximum absolute atomic E-state index is 11.0. The maximum atomic E-state index is 11.0. The Labute approximate surface area is 98.3 Å². The van der Waals surface area contributed by atoms with Crippen LogP contribution in [0.25, 0.3) is 6.08 Å². The van der Waals surface area contributed by atoms with Crippen LogP contribution in [0.1, 0.15) is 19.0 Å². The minimum Gasteiger partial charge on any atom is -0.466 e. The van der Waals surface area contributed by atoms with E-state index in [2.05, 4.69) is 9.97 Å². The Morgan fingerprint density at radius 1 is 1.69 bits per heavy atom. The molecular weight excluding hydrogens is 230 g/mol. The zero-order chi connectivity index (χ0) is 12.0. The molecule has 0 saturated heterocycles. The first-order valence-corrected chi connectivity index (χ1v) is 5.11. The Kier molecular flexibility index (Phi) is 4.72. The van der Waals surface area contributed by atoms with Crippen molar-refractivity contribution in [3.05, 3.63) is 23.1 Å². The van der Waals surface area contributed by atoms with E-state index in [0.29, 0.717) is 12.3 Å². The van der Waals surface area contributed by atoms with E-state index in [1.165, 1.54) is 6.20 Å². The fourth-order valence-electron chi connectivity index (χ4n) is 0.999. The van der Waals surface area contributed by atoms with E-state index in [0.717, 1.165) is 0 Å². The molecule has 5 nitrogen and oxygen atoms in total. The number of ether oxygens (including phenoxy) is 1. The summed E-state index contributed by atoms with van der Waals surface area (Å²) in [7, 11) is 0. The summed E-state index contributed by atoms with van der Waals surface area (Å²) in [5, 5.41) is 0.255. The average Bonchev–Trinajstić information content (AvgIpc) is 2.23. The molecule has 86 valence electrons. The number of esters is 1. The molecule has 0 amide bonds. The number of anilines is 1. The second kappa shape index (κ2) is 6.07. The highest BCUT2D eigenvalue weighted by atomic mass is 35.5. The largest absolute Gasteiger partial charge is 0.466 e. The van der Waals surface area contributed by atoms with Crippen LogP contribution in [0.5, 0.6) is 0 Å². The molecule has 2 N–H and O–H groups in total. The highest BCUT2D eigenvalue weighted by Crippen LogP contribution is 2.11. The number of nitrogen functional groups attached to an aromatic ring is 1. The lowest BCUT2D eigenvalue weighted by atomic mass is 10.3. The predicted octanol–water partition coefficient (Wildman–Crippen LogP) is 1.68. The molecule has 0 atom stereocenters. The topological polar surface area (TPSA) is 78.1 Å². The van der Waals surface area contributed by atoms with E-state index >= 15 is 0 Å². The fraction of sp³-hybridized carbons (Fsp3) is 0.300. The van der Waals surface area contributed by atoms with E-state index in [1.54, 1.807) is 19.1 Å². The Morgan fingerprint density at radius 3 is 3.12 bits per heavy atom. The van der Waals surface area contributed by atoms with Gasteiger partial charge in [-0.3, -0.25) is 4.79 Å².